The summed E-state index contributed by atoms with van der Waals surface area (Å²) in [6.45, 7) is 6.82. The molecule has 6 nitrogen and oxygen atoms in total. The fraction of sp³-hybridized carbons (Fsp3) is 0.800. The lowest BCUT2D eigenvalue weighted by molar-refractivity contribution is -0.118. The molecule has 0 unspecified atom stereocenters. The van der Waals surface area contributed by atoms with Gasteiger partial charge in [-0.25, -0.2) is 4.68 Å². The van der Waals surface area contributed by atoms with Crippen molar-refractivity contribution in [3.05, 3.63) is 5.82 Å². The molecular formula is C10H19N5OS. The van der Waals surface area contributed by atoms with Crippen LogP contribution >= 0.6 is 11.8 Å². The molecule has 0 aliphatic carbocycles. The van der Waals surface area contributed by atoms with Crippen LogP contribution in [0.25, 0.3) is 0 Å². The van der Waals surface area contributed by atoms with Crippen LogP contribution < -0.4 is 5.32 Å². The summed E-state index contributed by atoms with van der Waals surface area (Å²) in [5.41, 5.74) is 0. The molecule has 0 saturated carbocycles. The molecule has 0 aliphatic heterocycles. The number of thioether (sulfide) groups is 1. The predicted molar refractivity (Wildman–Crippen MR) is 67.7 cm³/mol. The molecule has 0 spiro atoms. The summed E-state index contributed by atoms with van der Waals surface area (Å²) >= 11 is 1.53. The first-order valence-electron chi connectivity index (χ1n) is 5.76. The molecule has 0 fully saturated rings. The van der Waals surface area contributed by atoms with Crippen molar-refractivity contribution >= 4 is 17.7 Å². The number of carbonyl (C=O) groups excluding carboxylic acids is 1. The SMILES string of the molecule is CCCNC(=O)CSCc1nnnn1C(C)C. The van der Waals surface area contributed by atoms with Crippen molar-refractivity contribution in [1.29, 1.82) is 0 Å². The Balaban J connectivity index is 2.30. The van der Waals surface area contributed by atoms with Gasteiger partial charge < -0.3 is 5.32 Å². The maximum Gasteiger partial charge on any atom is 0.230 e. The third-order valence-electron chi connectivity index (χ3n) is 2.09. The minimum atomic E-state index is 0.0698. The van der Waals surface area contributed by atoms with E-state index in [9.17, 15) is 4.79 Å². The van der Waals surface area contributed by atoms with Gasteiger partial charge in [-0.2, -0.15) is 0 Å². The molecule has 0 saturated heterocycles. The number of hydrogen-bond donors (Lipinski definition) is 1. The molecule has 0 aliphatic rings. The van der Waals surface area contributed by atoms with Gasteiger partial charge in [-0.05, 0) is 30.7 Å². The Kier molecular flexibility index (Phi) is 5.96. The van der Waals surface area contributed by atoms with E-state index < -0.39 is 0 Å². The molecule has 0 aromatic carbocycles. The number of nitrogens with one attached hydrogen (secondary N) is 1. The molecule has 1 N–H and O–H groups in total. The third kappa shape index (κ3) is 4.72. The fourth-order valence-corrected chi connectivity index (χ4v) is 2.02. The Morgan fingerprint density at radius 2 is 2.29 bits per heavy atom. The van der Waals surface area contributed by atoms with Crippen molar-refractivity contribution in [2.75, 3.05) is 12.3 Å². The number of rotatable bonds is 7. The summed E-state index contributed by atoms with van der Waals surface area (Å²) in [5.74, 6) is 1.99. The first-order chi connectivity index (χ1) is 8.15. The van der Waals surface area contributed by atoms with Crippen molar-refractivity contribution < 1.29 is 4.79 Å². The standard InChI is InChI=1S/C10H19N5OS/c1-4-5-11-10(16)7-17-6-9-12-13-14-15(9)8(2)3/h8H,4-7H2,1-3H3,(H,11,16). The van der Waals surface area contributed by atoms with Gasteiger partial charge in [0.05, 0.1) is 17.5 Å². The molecule has 96 valence electrons. The maximum atomic E-state index is 11.4. The lowest BCUT2D eigenvalue weighted by Crippen LogP contribution is -2.25. The van der Waals surface area contributed by atoms with Gasteiger partial charge in [-0.3, -0.25) is 4.79 Å². The summed E-state index contributed by atoms with van der Waals surface area (Å²) in [6.07, 6.45) is 0.960. The highest BCUT2D eigenvalue weighted by Crippen LogP contribution is 2.12. The summed E-state index contributed by atoms with van der Waals surface area (Å²) in [7, 11) is 0. The number of carbonyl (C=O) groups is 1. The maximum absolute atomic E-state index is 11.4. The molecule has 0 atom stereocenters. The quantitative estimate of drug-likeness (QED) is 0.789. The Labute approximate surface area is 106 Å². The number of nitrogens with zero attached hydrogens (tertiary/aromatic N) is 4. The molecular weight excluding hydrogens is 238 g/mol. The highest BCUT2D eigenvalue weighted by molar-refractivity contribution is 7.99. The van der Waals surface area contributed by atoms with Crippen LogP contribution in [0.4, 0.5) is 0 Å². The molecule has 1 amide bonds. The van der Waals surface area contributed by atoms with Crippen molar-refractivity contribution in [1.82, 2.24) is 25.5 Å². The van der Waals surface area contributed by atoms with Crippen LogP contribution in [0.3, 0.4) is 0 Å². The van der Waals surface area contributed by atoms with Crippen LogP contribution in [0.15, 0.2) is 0 Å². The Morgan fingerprint density at radius 3 is 2.94 bits per heavy atom. The van der Waals surface area contributed by atoms with Crippen molar-refractivity contribution in [2.45, 2.75) is 39.0 Å². The molecule has 7 heteroatoms. The zero-order chi connectivity index (χ0) is 12.7. The first kappa shape index (κ1) is 14.0. The summed E-state index contributed by atoms with van der Waals surface area (Å²) in [5, 5.41) is 14.3. The van der Waals surface area contributed by atoms with E-state index in [4.69, 9.17) is 0 Å². The fourth-order valence-electron chi connectivity index (χ4n) is 1.26. The number of amides is 1. The van der Waals surface area contributed by atoms with Gasteiger partial charge in [0.25, 0.3) is 0 Å². The van der Waals surface area contributed by atoms with Crippen LogP contribution in [0.5, 0.6) is 0 Å². The van der Waals surface area contributed by atoms with Gasteiger partial charge in [0.1, 0.15) is 0 Å². The highest BCUT2D eigenvalue weighted by atomic mass is 32.2. The van der Waals surface area contributed by atoms with Crippen molar-refractivity contribution in [3.63, 3.8) is 0 Å². The molecule has 1 aromatic heterocycles. The van der Waals surface area contributed by atoms with E-state index in [-0.39, 0.29) is 11.9 Å². The largest absolute Gasteiger partial charge is 0.355 e. The van der Waals surface area contributed by atoms with Crippen LogP contribution in [0.2, 0.25) is 0 Å². The van der Waals surface area contributed by atoms with Gasteiger partial charge in [0.2, 0.25) is 5.91 Å². The van der Waals surface area contributed by atoms with Crippen LogP contribution in [-0.2, 0) is 10.5 Å². The smallest absolute Gasteiger partial charge is 0.230 e. The van der Waals surface area contributed by atoms with E-state index in [0.29, 0.717) is 11.5 Å². The van der Waals surface area contributed by atoms with Gasteiger partial charge in [0.15, 0.2) is 5.82 Å². The van der Waals surface area contributed by atoms with Crippen LogP contribution in [-0.4, -0.2) is 38.4 Å². The monoisotopic (exact) mass is 257 g/mol. The summed E-state index contributed by atoms with van der Waals surface area (Å²) in [4.78, 5) is 11.4. The lowest BCUT2D eigenvalue weighted by atomic mass is 10.4. The normalized spacial score (nSPS) is 10.8. The second-order valence-electron chi connectivity index (χ2n) is 3.98. The Bertz CT molecular complexity index is 352. The minimum absolute atomic E-state index is 0.0698. The van der Waals surface area contributed by atoms with E-state index in [0.717, 1.165) is 18.8 Å². The molecule has 17 heavy (non-hydrogen) atoms. The predicted octanol–water partition coefficient (Wildman–Crippen LogP) is 1.01. The van der Waals surface area contributed by atoms with Gasteiger partial charge in [0, 0.05) is 6.54 Å². The molecule has 1 aromatic rings. The van der Waals surface area contributed by atoms with Gasteiger partial charge in [-0.15, -0.1) is 16.9 Å². The van der Waals surface area contributed by atoms with E-state index in [1.54, 1.807) is 4.68 Å². The average Bonchev–Trinajstić information content (AvgIpc) is 2.74. The van der Waals surface area contributed by atoms with E-state index in [1.807, 2.05) is 20.8 Å². The van der Waals surface area contributed by atoms with Crippen LogP contribution in [0, 0.1) is 0 Å². The van der Waals surface area contributed by atoms with E-state index >= 15 is 0 Å². The van der Waals surface area contributed by atoms with Crippen LogP contribution in [0.1, 0.15) is 39.1 Å². The van der Waals surface area contributed by atoms with E-state index in [2.05, 4.69) is 20.8 Å². The number of hydrogen-bond acceptors (Lipinski definition) is 5. The second-order valence-corrected chi connectivity index (χ2v) is 4.96. The number of aromatic nitrogens is 4. The summed E-state index contributed by atoms with van der Waals surface area (Å²) < 4.78 is 1.77. The van der Waals surface area contributed by atoms with Crippen molar-refractivity contribution in [3.8, 4) is 0 Å². The third-order valence-corrected chi connectivity index (χ3v) is 3.02. The Hall–Kier alpha value is -1.11. The molecule has 0 radical (unpaired) electrons. The number of tetrazole rings is 1. The van der Waals surface area contributed by atoms with Gasteiger partial charge >= 0.3 is 0 Å². The first-order valence-corrected chi connectivity index (χ1v) is 6.91. The zero-order valence-electron chi connectivity index (χ0n) is 10.5. The molecule has 0 bridgehead atoms. The second kappa shape index (κ2) is 7.26. The van der Waals surface area contributed by atoms with Gasteiger partial charge in [-0.1, -0.05) is 6.92 Å². The minimum Gasteiger partial charge on any atom is -0.355 e. The topological polar surface area (TPSA) is 72.7 Å². The van der Waals surface area contributed by atoms with E-state index in [1.165, 1.54) is 11.8 Å². The highest BCUT2D eigenvalue weighted by Gasteiger charge is 2.09. The Morgan fingerprint density at radius 1 is 1.53 bits per heavy atom. The van der Waals surface area contributed by atoms with Crippen molar-refractivity contribution in [2.24, 2.45) is 0 Å². The average molecular weight is 257 g/mol. The summed E-state index contributed by atoms with van der Waals surface area (Å²) in [6, 6.07) is 0.245. The lowest BCUT2D eigenvalue weighted by Gasteiger charge is -2.07. The molecule has 1 heterocycles. The molecule has 1 rings (SSSR count). The zero-order valence-corrected chi connectivity index (χ0v) is 11.3.